The Morgan fingerprint density at radius 2 is 2.24 bits per heavy atom. The van der Waals surface area contributed by atoms with Gasteiger partial charge in [-0.05, 0) is 36.4 Å². The molecule has 0 amide bonds. The number of nitrogens with zero attached hydrogens (tertiary/aromatic N) is 1. The Hall–Kier alpha value is -0.560. The molecular weight excluding hydrogens is 349 g/mol. The van der Waals surface area contributed by atoms with Gasteiger partial charge in [-0.25, -0.2) is 0 Å². The molecule has 0 saturated carbocycles. The van der Waals surface area contributed by atoms with E-state index in [1.165, 1.54) is 0 Å². The van der Waals surface area contributed by atoms with E-state index in [1.54, 1.807) is 11.9 Å². The highest BCUT2D eigenvalue weighted by atomic mass is 127. The lowest BCUT2D eigenvalue weighted by Crippen LogP contribution is -2.04. The van der Waals surface area contributed by atoms with Crippen LogP contribution in [0.25, 0.3) is 0 Å². The summed E-state index contributed by atoms with van der Waals surface area (Å²) in [5.74, 6) is 0.818. The fraction of sp³-hybridized carbons (Fsp3) is 0.333. The van der Waals surface area contributed by atoms with E-state index in [4.69, 9.17) is 0 Å². The number of hydrogen-bond acceptors (Lipinski definition) is 4. The smallest absolute Gasteiger partial charge is 0.146 e. The Balaban J connectivity index is 2.39. The number of halogens is 1. The van der Waals surface area contributed by atoms with Gasteiger partial charge in [0.25, 0.3) is 0 Å². The molecule has 0 radical (unpaired) electrons. The van der Waals surface area contributed by atoms with Gasteiger partial charge in [0.1, 0.15) is 12.6 Å². The monoisotopic (exact) mass is 363 g/mol. The van der Waals surface area contributed by atoms with Crippen LogP contribution < -0.4 is 0 Å². The summed E-state index contributed by atoms with van der Waals surface area (Å²) in [6.07, 6.45) is 11.9. The summed E-state index contributed by atoms with van der Waals surface area (Å²) in [6, 6.07) is 0. The van der Waals surface area contributed by atoms with E-state index in [0.717, 1.165) is 42.4 Å². The molecule has 1 aliphatic carbocycles. The number of carbonyl (C=O) groups excluding carboxylic acids is 2. The zero-order valence-electron chi connectivity index (χ0n) is 9.34. The second kappa shape index (κ2) is 8.52. The number of rotatable bonds is 7. The molecule has 0 spiro atoms. The van der Waals surface area contributed by atoms with E-state index in [9.17, 15) is 9.59 Å². The fourth-order valence-corrected chi connectivity index (χ4v) is 2.77. The molecule has 0 aliphatic heterocycles. The summed E-state index contributed by atoms with van der Waals surface area (Å²) in [6.45, 7) is 0. The van der Waals surface area contributed by atoms with Gasteiger partial charge in [0.2, 0.25) is 0 Å². The minimum atomic E-state index is 0.472. The zero-order chi connectivity index (χ0) is 12.5. The van der Waals surface area contributed by atoms with Gasteiger partial charge in [0.15, 0.2) is 0 Å². The first-order valence-corrected chi connectivity index (χ1v) is 7.22. The molecule has 0 aromatic heterocycles. The first-order chi connectivity index (χ1) is 8.27. The summed E-state index contributed by atoms with van der Waals surface area (Å²) in [4.78, 5) is 20.8. The minimum Gasteiger partial charge on any atom is -0.303 e. The summed E-state index contributed by atoms with van der Waals surface area (Å²) in [7, 11) is 0. The molecule has 0 fully saturated rings. The molecule has 1 aliphatic rings. The number of allylic oxidation sites excluding steroid dienone is 4. The van der Waals surface area contributed by atoms with E-state index in [0.29, 0.717) is 6.42 Å². The van der Waals surface area contributed by atoms with Gasteiger partial charge >= 0.3 is 0 Å². The molecule has 17 heavy (non-hydrogen) atoms. The molecule has 0 aromatic rings. The third-order valence-corrected chi connectivity index (χ3v) is 4.33. The lowest BCUT2D eigenvalue weighted by molar-refractivity contribution is -0.107. The highest BCUT2D eigenvalue weighted by Crippen LogP contribution is 2.28. The quantitative estimate of drug-likeness (QED) is 0.229. The molecule has 0 bridgehead atoms. The van der Waals surface area contributed by atoms with Crippen molar-refractivity contribution in [2.75, 3.05) is 5.75 Å². The average molecular weight is 363 g/mol. The average Bonchev–Trinajstić information content (AvgIpc) is 2.38. The number of aldehydes is 2. The molecule has 0 saturated heterocycles. The molecule has 0 heterocycles. The third-order valence-electron chi connectivity index (χ3n) is 2.16. The fourth-order valence-electron chi connectivity index (χ4n) is 1.33. The Kier molecular flexibility index (Phi) is 7.27. The second-order valence-corrected chi connectivity index (χ2v) is 6.00. The summed E-state index contributed by atoms with van der Waals surface area (Å²) >= 11 is 3.85. The normalized spacial score (nSPS) is 15.4. The molecule has 0 atom stereocenters. The van der Waals surface area contributed by atoms with Crippen LogP contribution in [-0.4, -0.2) is 20.8 Å². The van der Waals surface area contributed by atoms with E-state index in [1.807, 2.05) is 20.7 Å². The van der Waals surface area contributed by atoms with Gasteiger partial charge in [0, 0.05) is 12.2 Å². The first-order valence-electron chi connectivity index (χ1n) is 5.31. The maximum atomic E-state index is 10.7. The maximum Gasteiger partial charge on any atom is 0.146 e. The molecule has 92 valence electrons. The van der Waals surface area contributed by atoms with Crippen molar-refractivity contribution in [2.24, 2.45) is 0 Å². The molecule has 1 rings (SSSR count). The van der Waals surface area contributed by atoms with Crippen molar-refractivity contribution in [3.05, 3.63) is 35.6 Å². The van der Waals surface area contributed by atoms with E-state index >= 15 is 0 Å². The van der Waals surface area contributed by atoms with Crippen molar-refractivity contribution in [3.63, 3.8) is 0 Å². The maximum absolute atomic E-state index is 10.7. The van der Waals surface area contributed by atoms with Gasteiger partial charge in [-0.3, -0.25) is 7.31 Å². The Labute approximate surface area is 120 Å². The van der Waals surface area contributed by atoms with Crippen molar-refractivity contribution in [1.82, 2.24) is 2.52 Å². The van der Waals surface area contributed by atoms with Crippen LogP contribution in [0.4, 0.5) is 0 Å². The van der Waals surface area contributed by atoms with Crippen molar-refractivity contribution < 1.29 is 9.59 Å². The van der Waals surface area contributed by atoms with Gasteiger partial charge < -0.3 is 4.79 Å². The first kappa shape index (κ1) is 14.5. The molecule has 0 unspecified atom stereocenters. The van der Waals surface area contributed by atoms with Crippen molar-refractivity contribution in [2.45, 2.75) is 19.3 Å². The summed E-state index contributed by atoms with van der Waals surface area (Å²) < 4.78 is 2.02. The van der Waals surface area contributed by atoms with Crippen molar-refractivity contribution in [3.8, 4) is 0 Å². The number of carbonyl (C=O) groups is 2. The van der Waals surface area contributed by atoms with E-state index < -0.39 is 0 Å². The Morgan fingerprint density at radius 3 is 2.94 bits per heavy atom. The molecule has 5 heteroatoms. The topological polar surface area (TPSA) is 37.4 Å². The van der Waals surface area contributed by atoms with Crippen LogP contribution in [0.15, 0.2) is 35.6 Å². The van der Waals surface area contributed by atoms with Crippen LogP contribution in [0.5, 0.6) is 0 Å². The number of hydrogen-bond donors (Lipinski definition) is 0. The van der Waals surface area contributed by atoms with Gasteiger partial charge in [0.05, 0.1) is 28.6 Å². The molecular formula is C12H14INO2S. The van der Waals surface area contributed by atoms with Crippen LogP contribution >= 0.6 is 34.8 Å². The van der Waals surface area contributed by atoms with Crippen LogP contribution in [-0.2, 0) is 9.59 Å². The third kappa shape index (κ3) is 5.54. The molecule has 0 aromatic carbocycles. The summed E-state index contributed by atoms with van der Waals surface area (Å²) in [5, 5.41) is 0. The van der Waals surface area contributed by atoms with Gasteiger partial charge in [-0.15, -0.1) is 0 Å². The van der Waals surface area contributed by atoms with Crippen LogP contribution in [0.2, 0.25) is 0 Å². The van der Waals surface area contributed by atoms with E-state index in [2.05, 4.69) is 28.9 Å². The SMILES string of the molecule is O=CC/C=C/CSN(I)C1=CCCC(C=O)=C1. The molecule has 0 N–H and O–H groups in total. The largest absolute Gasteiger partial charge is 0.303 e. The minimum absolute atomic E-state index is 0.472. The molecule has 3 nitrogen and oxygen atoms in total. The van der Waals surface area contributed by atoms with Crippen LogP contribution in [0.1, 0.15) is 19.3 Å². The predicted octanol–water partition coefficient (Wildman–Crippen LogP) is 3.23. The second-order valence-electron chi connectivity index (χ2n) is 3.42. The van der Waals surface area contributed by atoms with Crippen molar-refractivity contribution in [1.29, 1.82) is 0 Å². The summed E-state index contributed by atoms with van der Waals surface area (Å²) in [5.41, 5.74) is 1.91. The van der Waals surface area contributed by atoms with Gasteiger partial charge in [-0.1, -0.05) is 18.2 Å². The lowest BCUT2D eigenvalue weighted by Gasteiger charge is -2.18. The van der Waals surface area contributed by atoms with Crippen molar-refractivity contribution >= 4 is 47.4 Å². The Bertz CT molecular complexity index is 364. The standard InChI is InChI=1S/C12H14INO2S/c13-14(17-8-3-1-2-7-15)12-6-4-5-11(9-12)10-16/h1,3,6-7,9-10H,2,4-5,8H2/b3-1+. The van der Waals surface area contributed by atoms with Gasteiger partial charge in [-0.2, -0.15) is 0 Å². The Morgan fingerprint density at radius 1 is 1.41 bits per heavy atom. The lowest BCUT2D eigenvalue weighted by atomic mass is 10.1. The highest BCUT2D eigenvalue weighted by Gasteiger charge is 2.09. The zero-order valence-corrected chi connectivity index (χ0v) is 12.3. The van der Waals surface area contributed by atoms with Crippen LogP contribution in [0.3, 0.4) is 0 Å². The predicted molar refractivity (Wildman–Crippen MR) is 79.6 cm³/mol. The van der Waals surface area contributed by atoms with Crippen LogP contribution in [0, 0.1) is 0 Å². The highest BCUT2D eigenvalue weighted by molar-refractivity contribution is 14.1. The van der Waals surface area contributed by atoms with E-state index in [-0.39, 0.29) is 0 Å².